The number of rotatable bonds is 1. The average Bonchev–Trinajstić information content (AvgIpc) is 2.86. The van der Waals surface area contributed by atoms with Crippen molar-refractivity contribution < 1.29 is 16.1 Å². The molecular weight excluding hydrogens is 294 g/mol. The Labute approximate surface area is 134 Å². The molecular formula is C16H19N5O2. The number of hydrazine groups is 1. The minimum absolute atomic E-state index is 0. The normalized spacial score (nSPS) is 19.0. The van der Waals surface area contributed by atoms with E-state index in [1.54, 1.807) is 11.2 Å². The molecule has 2 aromatic carbocycles. The van der Waals surface area contributed by atoms with Crippen LogP contribution in [0.25, 0.3) is 0 Å². The Balaban J connectivity index is 0.00000156. The van der Waals surface area contributed by atoms with Crippen molar-refractivity contribution in [2.75, 3.05) is 15.0 Å². The maximum atomic E-state index is 10.7. The number of aryl methyl sites for hydroxylation is 1. The van der Waals surface area contributed by atoms with Crippen LogP contribution in [0, 0.1) is 6.92 Å². The van der Waals surface area contributed by atoms with Crippen LogP contribution in [0.4, 0.5) is 17.1 Å². The Morgan fingerprint density at radius 3 is 2.39 bits per heavy atom. The van der Waals surface area contributed by atoms with Crippen LogP contribution in [-0.4, -0.2) is 16.8 Å². The van der Waals surface area contributed by atoms with Crippen LogP contribution in [0.15, 0.2) is 60.4 Å². The van der Waals surface area contributed by atoms with Crippen molar-refractivity contribution in [2.24, 2.45) is 5.84 Å². The number of quaternary nitrogens is 1. The van der Waals surface area contributed by atoms with Crippen LogP contribution >= 0.6 is 0 Å². The molecule has 1 atom stereocenters. The van der Waals surface area contributed by atoms with Gasteiger partial charge in [-0.2, -0.15) is 10.0 Å². The van der Waals surface area contributed by atoms with Crippen LogP contribution in [0.3, 0.4) is 0 Å². The summed E-state index contributed by atoms with van der Waals surface area (Å²) in [7, 11) is 0. The third-order valence-electron chi connectivity index (χ3n) is 4.07. The Morgan fingerprint density at radius 1 is 1.04 bits per heavy atom. The van der Waals surface area contributed by atoms with Gasteiger partial charge in [-0.15, -0.1) is 5.53 Å². The van der Waals surface area contributed by atoms with E-state index in [1.165, 1.54) is 5.56 Å². The second-order valence-corrected chi connectivity index (χ2v) is 5.55. The predicted octanol–water partition coefficient (Wildman–Crippen LogP) is 0.392. The van der Waals surface area contributed by atoms with Gasteiger partial charge >= 0.3 is 0 Å². The van der Waals surface area contributed by atoms with Crippen LogP contribution in [0.5, 0.6) is 0 Å². The zero-order valence-electron chi connectivity index (χ0n) is 12.7. The summed E-state index contributed by atoms with van der Waals surface area (Å²) < 4.78 is 0. The van der Waals surface area contributed by atoms with Gasteiger partial charge in [-0.25, -0.2) is 5.84 Å². The van der Waals surface area contributed by atoms with Crippen molar-refractivity contribution in [3.05, 3.63) is 66.0 Å². The Bertz CT molecular complexity index is 746. The van der Waals surface area contributed by atoms with Gasteiger partial charge in [-0.05, 0) is 31.2 Å². The van der Waals surface area contributed by atoms with Gasteiger partial charge in [-0.1, -0.05) is 29.8 Å². The van der Waals surface area contributed by atoms with E-state index in [9.17, 15) is 5.11 Å². The van der Waals surface area contributed by atoms with Gasteiger partial charge in [0, 0.05) is 0 Å². The van der Waals surface area contributed by atoms with Crippen molar-refractivity contribution in [1.29, 1.82) is 0 Å². The fourth-order valence-corrected chi connectivity index (χ4v) is 2.87. The Kier molecular flexibility index (Phi) is 3.70. The number of para-hydroxylation sites is 2. The van der Waals surface area contributed by atoms with Crippen LogP contribution in [-0.2, 0) is 0 Å². The number of aliphatic hydroxyl groups excluding tert-OH is 1. The molecule has 0 bridgehead atoms. The number of nitrogens with two attached hydrogens (primary N) is 2. The molecule has 7 heteroatoms. The fraction of sp³-hybridized carbons (Fsp3) is 0.125. The minimum Gasteiger partial charge on any atom is -0.870 e. The number of hydrogen-bond acceptors (Lipinski definition) is 6. The first-order chi connectivity index (χ1) is 10.6. The molecule has 120 valence electrons. The van der Waals surface area contributed by atoms with E-state index in [1.807, 2.05) is 71.0 Å². The molecule has 0 spiro atoms. The van der Waals surface area contributed by atoms with Crippen molar-refractivity contribution in [2.45, 2.75) is 13.2 Å². The maximum absolute atomic E-state index is 10.7. The number of benzene rings is 2. The SMILES string of the molecule is Cc1ccc(N2[NH2+]N3C(=CN(N)c4ccccc43)C2O)cc1.[OH-]. The van der Waals surface area contributed by atoms with Crippen LogP contribution in [0.1, 0.15) is 5.56 Å². The lowest BCUT2D eigenvalue weighted by atomic mass is 10.2. The van der Waals surface area contributed by atoms with Gasteiger partial charge < -0.3 is 10.6 Å². The number of anilines is 3. The standard InChI is InChI=1S/C16H17N5O.H2O/c1-11-6-8-12(9-7-11)20-16(22)15-10-19(17)13-4-2-3-5-14(13)21(15)18-20;/h2-10,16,18,22H,17H2,1H3;1H2. The molecule has 1 unspecified atom stereocenters. The number of fused-ring (bicyclic) bond motifs is 3. The third kappa shape index (κ3) is 2.32. The lowest BCUT2D eigenvalue weighted by Crippen LogP contribution is -2.99. The molecule has 23 heavy (non-hydrogen) atoms. The van der Waals surface area contributed by atoms with E-state index in [2.05, 4.69) is 0 Å². The highest BCUT2D eigenvalue weighted by Gasteiger charge is 2.42. The highest BCUT2D eigenvalue weighted by molar-refractivity contribution is 5.76. The third-order valence-corrected chi connectivity index (χ3v) is 4.07. The van der Waals surface area contributed by atoms with Crippen molar-refractivity contribution in [3.8, 4) is 0 Å². The van der Waals surface area contributed by atoms with Crippen molar-refractivity contribution >= 4 is 17.1 Å². The van der Waals surface area contributed by atoms with E-state index in [4.69, 9.17) is 5.84 Å². The first-order valence-electron chi connectivity index (χ1n) is 7.17. The summed E-state index contributed by atoms with van der Waals surface area (Å²) in [6.45, 7) is 2.04. The van der Waals surface area contributed by atoms with Gasteiger partial charge in [0.25, 0.3) is 0 Å². The van der Waals surface area contributed by atoms with E-state index in [0.717, 1.165) is 22.8 Å². The largest absolute Gasteiger partial charge is 0.870 e. The molecule has 0 radical (unpaired) electrons. The molecule has 0 amide bonds. The molecule has 1 saturated heterocycles. The van der Waals surface area contributed by atoms with E-state index in [-0.39, 0.29) is 5.48 Å². The zero-order valence-corrected chi connectivity index (χ0v) is 12.7. The second kappa shape index (κ2) is 5.56. The zero-order chi connectivity index (χ0) is 15.3. The summed E-state index contributed by atoms with van der Waals surface area (Å²) in [4.78, 5) is 0. The Hall–Kier alpha value is -2.58. The van der Waals surface area contributed by atoms with Gasteiger partial charge in [0.2, 0.25) is 6.23 Å². The van der Waals surface area contributed by atoms with E-state index >= 15 is 0 Å². The molecule has 0 saturated carbocycles. The number of hydrogen-bond donors (Lipinski definition) is 3. The summed E-state index contributed by atoms with van der Waals surface area (Å²) in [6, 6.07) is 15.9. The highest BCUT2D eigenvalue weighted by Crippen LogP contribution is 2.35. The minimum atomic E-state index is -0.762. The summed E-state index contributed by atoms with van der Waals surface area (Å²) >= 11 is 0. The topological polar surface area (TPSA) is 103 Å². The molecule has 0 aliphatic carbocycles. The van der Waals surface area contributed by atoms with Gasteiger partial charge in [-0.3, -0.25) is 5.01 Å². The lowest BCUT2D eigenvalue weighted by Gasteiger charge is -2.27. The van der Waals surface area contributed by atoms with Gasteiger partial charge in [0.15, 0.2) is 0 Å². The molecule has 2 aliphatic heterocycles. The number of nitrogens with zero attached hydrogens (tertiary/aromatic N) is 3. The fourth-order valence-electron chi connectivity index (χ4n) is 2.87. The summed E-state index contributed by atoms with van der Waals surface area (Å²) in [6.07, 6.45) is 1.000. The molecule has 7 nitrogen and oxygen atoms in total. The first kappa shape index (κ1) is 15.3. The molecule has 6 N–H and O–H groups in total. The van der Waals surface area contributed by atoms with Gasteiger partial charge in [0.05, 0.1) is 17.6 Å². The monoisotopic (exact) mass is 313 g/mol. The quantitative estimate of drug-likeness (QED) is 0.658. The van der Waals surface area contributed by atoms with E-state index in [0.29, 0.717) is 0 Å². The van der Waals surface area contributed by atoms with Crippen molar-refractivity contribution in [3.63, 3.8) is 0 Å². The lowest BCUT2D eigenvalue weighted by molar-refractivity contribution is -0.663. The highest BCUT2D eigenvalue weighted by atomic mass is 16.3. The smallest absolute Gasteiger partial charge is 0.224 e. The summed E-state index contributed by atoms with van der Waals surface area (Å²) in [5.74, 6) is 6.06. The molecule has 2 aliphatic rings. The predicted molar refractivity (Wildman–Crippen MR) is 87.2 cm³/mol. The first-order valence-corrected chi connectivity index (χ1v) is 7.17. The number of aliphatic hydroxyl groups is 1. The molecule has 1 fully saturated rings. The molecule has 0 aromatic heterocycles. The van der Waals surface area contributed by atoms with Crippen LogP contribution in [0.2, 0.25) is 0 Å². The van der Waals surface area contributed by atoms with E-state index < -0.39 is 6.23 Å². The van der Waals surface area contributed by atoms with Crippen LogP contribution < -0.4 is 26.4 Å². The molecule has 2 heterocycles. The van der Waals surface area contributed by atoms with Gasteiger partial charge in [0.1, 0.15) is 11.4 Å². The molecule has 4 rings (SSSR count). The second-order valence-electron chi connectivity index (χ2n) is 5.55. The molecule has 2 aromatic rings. The Morgan fingerprint density at radius 2 is 1.70 bits per heavy atom. The summed E-state index contributed by atoms with van der Waals surface area (Å²) in [5.41, 5.74) is 6.63. The average molecular weight is 313 g/mol. The maximum Gasteiger partial charge on any atom is 0.224 e. The summed E-state index contributed by atoms with van der Waals surface area (Å²) in [5, 5.41) is 16.0. The van der Waals surface area contributed by atoms with Crippen molar-refractivity contribution in [1.82, 2.24) is 0 Å².